The molecule has 6 heteroatoms. The lowest BCUT2D eigenvalue weighted by molar-refractivity contribution is 0.548. The third kappa shape index (κ3) is 4.37. The summed E-state index contributed by atoms with van der Waals surface area (Å²) in [4.78, 5) is 18.7. The number of rotatable bonds is 5. The van der Waals surface area contributed by atoms with Crippen LogP contribution < -0.4 is 10.9 Å². The second kappa shape index (κ2) is 6.83. The Morgan fingerprint density at radius 1 is 1.38 bits per heavy atom. The quantitative estimate of drug-likeness (QED) is 0.892. The second-order valence-corrected chi connectivity index (χ2v) is 5.64. The molecule has 0 bridgehead atoms. The molecule has 0 atom stereocenters. The third-order valence-electron chi connectivity index (χ3n) is 2.84. The number of nitrogens with zero attached hydrogens (tertiary/aromatic N) is 1. The first kappa shape index (κ1) is 15.7. The summed E-state index contributed by atoms with van der Waals surface area (Å²) >= 11 is 6.00. The number of aromatic amines is 1. The molecule has 1 heterocycles. The fraction of sp³-hybridized carbons (Fsp3) is 0.333. The van der Waals surface area contributed by atoms with Crippen molar-refractivity contribution in [3.63, 3.8) is 0 Å². The van der Waals surface area contributed by atoms with Crippen LogP contribution in [0.3, 0.4) is 0 Å². The minimum atomic E-state index is -0.430. The Morgan fingerprint density at radius 3 is 2.81 bits per heavy atom. The van der Waals surface area contributed by atoms with Crippen LogP contribution >= 0.6 is 11.6 Å². The summed E-state index contributed by atoms with van der Waals surface area (Å²) in [5, 5.41) is 3.44. The van der Waals surface area contributed by atoms with Crippen LogP contribution in [0.15, 0.2) is 29.1 Å². The van der Waals surface area contributed by atoms with Gasteiger partial charge in [-0.1, -0.05) is 25.4 Å². The van der Waals surface area contributed by atoms with Gasteiger partial charge in [-0.3, -0.25) is 4.79 Å². The zero-order valence-electron chi connectivity index (χ0n) is 11.9. The number of hydrogen-bond donors (Lipinski definition) is 2. The zero-order chi connectivity index (χ0) is 15.4. The maximum Gasteiger partial charge on any atom is 0.251 e. The molecule has 1 aromatic heterocycles. The van der Waals surface area contributed by atoms with Crippen LogP contribution in [0.2, 0.25) is 5.02 Å². The summed E-state index contributed by atoms with van der Waals surface area (Å²) < 4.78 is 13.1. The van der Waals surface area contributed by atoms with Crippen LogP contribution in [0.5, 0.6) is 0 Å². The van der Waals surface area contributed by atoms with Crippen molar-refractivity contribution in [1.29, 1.82) is 0 Å². The highest BCUT2D eigenvalue weighted by molar-refractivity contribution is 6.33. The van der Waals surface area contributed by atoms with Crippen molar-refractivity contribution in [3.05, 3.63) is 51.2 Å². The predicted molar refractivity (Wildman–Crippen MR) is 81.8 cm³/mol. The lowest BCUT2D eigenvalue weighted by atomic mass is 10.2. The molecule has 0 radical (unpaired) electrons. The summed E-state index contributed by atoms with van der Waals surface area (Å²) in [7, 11) is 0. The molecular weight excluding hydrogens is 293 g/mol. The van der Waals surface area contributed by atoms with E-state index in [9.17, 15) is 9.18 Å². The summed E-state index contributed by atoms with van der Waals surface area (Å²) in [6, 6.07) is 5.42. The van der Waals surface area contributed by atoms with Gasteiger partial charge in [0.2, 0.25) is 0 Å². The maximum atomic E-state index is 13.1. The molecule has 0 unspecified atom stereocenters. The Labute approximate surface area is 127 Å². The number of halogens is 2. The van der Waals surface area contributed by atoms with E-state index in [0.717, 1.165) is 6.54 Å². The Morgan fingerprint density at radius 2 is 2.14 bits per heavy atom. The van der Waals surface area contributed by atoms with Crippen LogP contribution in [0.1, 0.15) is 19.5 Å². The molecule has 0 aliphatic rings. The molecule has 112 valence electrons. The van der Waals surface area contributed by atoms with E-state index in [1.165, 1.54) is 24.3 Å². The van der Waals surface area contributed by atoms with Crippen LogP contribution in [-0.2, 0) is 6.54 Å². The van der Waals surface area contributed by atoms with Gasteiger partial charge in [0.1, 0.15) is 11.6 Å². The second-order valence-electron chi connectivity index (χ2n) is 5.23. The fourth-order valence-corrected chi connectivity index (χ4v) is 2.15. The van der Waals surface area contributed by atoms with Crippen molar-refractivity contribution in [3.8, 4) is 11.4 Å². The molecule has 2 N–H and O–H groups in total. The highest BCUT2D eigenvalue weighted by Gasteiger charge is 2.09. The molecule has 0 aliphatic carbocycles. The van der Waals surface area contributed by atoms with Gasteiger partial charge in [-0.25, -0.2) is 9.37 Å². The minimum Gasteiger partial charge on any atom is -0.311 e. The van der Waals surface area contributed by atoms with Crippen LogP contribution in [0.25, 0.3) is 11.4 Å². The third-order valence-corrected chi connectivity index (χ3v) is 3.15. The fourth-order valence-electron chi connectivity index (χ4n) is 1.90. The number of aromatic nitrogens is 2. The Hall–Kier alpha value is -1.72. The first-order chi connectivity index (χ1) is 9.95. The highest BCUT2D eigenvalue weighted by Crippen LogP contribution is 2.25. The van der Waals surface area contributed by atoms with E-state index in [0.29, 0.717) is 29.5 Å². The number of benzene rings is 1. The first-order valence-corrected chi connectivity index (χ1v) is 7.10. The van der Waals surface area contributed by atoms with Gasteiger partial charge < -0.3 is 10.3 Å². The van der Waals surface area contributed by atoms with Crippen LogP contribution in [-0.4, -0.2) is 16.5 Å². The summed E-state index contributed by atoms with van der Waals surface area (Å²) in [5.74, 6) is 0.424. The molecular formula is C15H17ClFN3O. The number of hydrogen-bond acceptors (Lipinski definition) is 3. The molecule has 1 aromatic carbocycles. The van der Waals surface area contributed by atoms with E-state index in [2.05, 4.69) is 29.1 Å². The molecule has 4 nitrogen and oxygen atoms in total. The van der Waals surface area contributed by atoms with Crippen LogP contribution in [0.4, 0.5) is 4.39 Å². The normalized spacial score (nSPS) is 11.1. The molecule has 0 spiro atoms. The van der Waals surface area contributed by atoms with Crippen molar-refractivity contribution in [2.75, 3.05) is 6.54 Å². The smallest absolute Gasteiger partial charge is 0.251 e. The van der Waals surface area contributed by atoms with E-state index in [4.69, 9.17) is 11.6 Å². The van der Waals surface area contributed by atoms with E-state index in [-0.39, 0.29) is 10.6 Å². The molecule has 21 heavy (non-hydrogen) atoms. The number of H-pyrrole nitrogens is 1. The predicted octanol–water partition coefficient (Wildman–Crippen LogP) is 2.98. The van der Waals surface area contributed by atoms with Gasteiger partial charge in [-0.05, 0) is 30.7 Å². The average Bonchev–Trinajstić information content (AvgIpc) is 2.37. The Balaban J connectivity index is 2.28. The lowest BCUT2D eigenvalue weighted by Crippen LogP contribution is -2.21. The van der Waals surface area contributed by atoms with Gasteiger partial charge in [0, 0.05) is 18.2 Å². The van der Waals surface area contributed by atoms with Gasteiger partial charge in [0.15, 0.2) is 0 Å². The topological polar surface area (TPSA) is 57.8 Å². The van der Waals surface area contributed by atoms with Gasteiger partial charge in [-0.2, -0.15) is 0 Å². The lowest BCUT2D eigenvalue weighted by Gasteiger charge is -2.09. The Kier molecular flexibility index (Phi) is 5.09. The molecule has 0 aliphatic heterocycles. The van der Waals surface area contributed by atoms with Crippen molar-refractivity contribution in [2.45, 2.75) is 20.4 Å². The summed E-state index contributed by atoms with van der Waals surface area (Å²) in [5.41, 5.74) is 0.859. The van der Waals surface area contributed by atoms with Crippen LogP contribution in [0, 0.1) is 11.7 Å². The monoisotopic (exact) mass is 309 g/mol. The standard InChI is InChI=1S/C15H17ClFN3O/c1-9(2)7-18-8-11-6-14(21)20-15(19-11)12-4-3-10(17)5-13(12)16/h3-6,9,18H,7-8H2,1-2H3,(H,19,20,21). The summed E-state index contributed by atoms with van der Waals surface area (Å²) in [6.45, 7) is 5.53. The van der Waals surface area contributed by atoms with E-state index < -0.39 is 5.82 Å². The number of nitrogens with one attached hydrogen (secondary N) is 2. The van der Waals surface area contributed by atoms with Crippen molar-refractivity contribution >= 4 is 11.6 Å². The SMILES string of the molecule is CC(C)CNCc1cc(=O)[nH]c(-c2ccc(F)cc2Cl)n1. The Bertz CT molecular complexity index is 685. The van der Waals surface area contributed by atoms with Crippen molar-refractivity contribution < 1.29 is 4.39 Å². The molecule has 0 saturated carbocycles. The largest absolute Gasteiger partial charge is 0.311 e. The van der Waals surface area contributed by atoms with Crippen molar-refractivity contribution in [1.82, 2.24) is 15.3 Å². The molecule has 0 fully saturated rings. The maximum absolute atomic E-state index is 13.1. The van der Waals surface area contributed by atoms with Gasteiger partial charge in [0.05, 0.1) is 10.7 Å². The van der Waals surface area contributed by atoms with E-state index in [1.54, 1.807) is 0 Å². The molecule has 2 rings (SSSR count). The van der Waals surface area contributed by atoms with Crippen molar-refractivity contribution in [2.24, 2.45) is 5.92 Å². The molecule has 0 amide bonds. The first-order valence-electron chi connectivity index (χ1n) is 6.72. The highest BCUT2D eigenvalue weighted by atomic mass is 35.5. The summed E-state index contributed by atoms with van der Waals surface area (Å²) in [6.07, 6.45) is 0. The molecule has 2 aromatic rings. The average molecular weight is 310 g/mol. The zero-order valence-corrected chi connectivity index (χ0v) is 12.7. The minimum absolute atomic E-state index is 0.213. The van der Waals surface area contributed by atoms with E-state index >= 15 is 0 Å². The molecule has 0 saturated heterocycles. The van der Waals surface area contributed by atoms with Gasteiger partial charge in [-0.15, -0.1) is 0 Å². The van der Waals surface area contributed by atoms with E-state index in [1.807, 2.05) is 0 Å². The van der Waals surface area contributed by atoms with Gasteiger partial charge >= 0.3 is 0 Å². The van der Waals surface area contributed by atoms with Gasteiger partial charge in [0.25, 0.3) is 5.56 Å².